The molecule has 0 aliphatic rings. The van der Waals surface area contributed by atoms with Crippen LogP contribution in [-0.2, 0) is 20.9 Å². The zero-order valence-corrected chi connectivity index (χ0v) is 32.4. The Morgan fingerprint density at radius 1 is 0.489 bits per heavy atom. The van der Waals surface area contributed by atoms with Gasteiger partial charge < -0.3 is 18.5 Å². The van der Waals surface area contributed by atoms with E-state index in [2.05, 4.69) is 13.8 Å². The molecule has 2 unspecified atom stereocenters. The molecule has 2 atom stereocenters. The smallest absolute Gasteiger partial charge is 0.245 e. The van der Waals surface area contributed by atoms with Gasteiger partial charge in [0.2, 0.25) is 5.69 Å². The summed E-state index contributed by atoms with van der Waals surface area (Å²) in [6, 6.07) is 19.9. The molecule has 7 heteroatoms. The fraction of sp³-hybridized carbons (Fsp3) is 0.700. The van der Waals surface area contributed by atoms with E-state index in [0.29, 0.717) is 13.2 Å². The number of unbranched alkanes of at least 4 members (excludes halogenated alkanes) is 18. The van der Waals surface area contributed by atoms with E-state index in [0.717, 1.165) is 37.2 Å². The molecular formula is C40H67O4PS2. The third kappa shape index (κ3) is 23.9. The molecule has 0 N–H and O–H groups in total. The second-order valence-corrected chi connectivity index (χ2v) is 18.3. The molecular weight excluding hydrogens is 640 g/mol. The van der Waals surface area contributed by atoms with Gasteiger partial charge in [-0.1, -0.05) is 191 Å². The van der Waals surface area contributed by atoms with Crippen LogP contribution >= 0.6 is 17.9 Å². The predicted molar refractivity (Wildman–Crippen MR) is 210 cm³/mol. The van der Waals surface area contributed by atoms with Crippen molar-refractivity contribution in [1.82, 2.24) is 0 Å². The molecule has 268 valence electrons. The minimum absolute atomic E-state index is 0.166. The van der Waals surface area contributed by atoms with Crippen LogP contribution in [0, 0.1) is 0 Å². The summed E-state index contributed by atoms with van der Waals surface area (Å²) in [6.07, 6.45) is 27.5. The van der Waals surface area contributed by atoms with Crippen LogP contribution in [0.25, 0.3) is 0 Å². The summed E-state index contributed by atoms with van der Waals surface area (Å²) in [6.45, 7) is 5.43. The molecule has 2 aromatic carbocycles. The molecule has 4 nitrogen and oxygen atoms in total. The molecule has 0 aromatic heterocycles. The summed E-state index contributed by atoms with van der Waals surface area (Å²) in [5.74, 6) is 1.68. The van der Waals surface area contributed by atoms with Gasteiger partial charge in [-0.25, -0.2) is 0 Å². The normalized spacial score (nSPS) is 14.0. The van der Waals surface area contributed by atoms with Crippen LogP contribution in [-0.4, -0.2) is 25.4 Å². The lowest BCUT2D eigenvalue weighted by atomic mass is 10.0. The average molecular weight is 707 g/mol. The lowest BCUT2D eigenvalue weighted by molar-refractivity contribution is 0.0812. The highest BCUT2D eigenvalue weighted by molar-refractivity contribution is 8.60. The van der Waals surface area contributed by atoms with Crippen molar-refractivity contribution in [2.24, 2.45) is 0 Å². The number of rotatable bonds is 32. The summed E-state index contributed by atoms with van der Waals surface area (Å²) in [5.41, 5.74) is -2.84. The van der Waals surface area contributed by atoms with Crippen LogP contribution in [0.4, 0.5) is 0 Å². The Morgan fingerprint density at radius 3 is 1.11 bits per heavy atom. The molecule has 0 saturated heterocycles. The van der Waals surface area contributed by atoms with Gasteiger partial charge in [0, 0.05) is 0 Å². The van der Waals surface area contributed by atoms with Crippen LogP contribution in [0.5, 0.6) is 11.5 Å². The number of benzene rings is 2. The molecule has 2 rings (SSSR count). The van der Waals surface area contributed by atoms with Gasteiger partial charge in [0.15, 0.2) is 0 Å². The zero-order valence-electron chi connectivity index (χ0n) is 29.8. The first-order valence-corrected chi connectivity index (χ1v) is 22.9. The van der Waals surface area contributed by atoms with E-state index >= 15 is 0 Å². The topological polar surface area (TPSA) is 36.9 Å². The largest absolute Gasteiger partial charge is 0.491 e. The summed E-state index contributed by atoms with van der Waals surface area (Å²) in [7, 11) is 0. The maximum Gasteiger partial charge on any atom is 0.245 e. The van der Waals surface area contributed by atoms with E-state index in [1.54, 1.807) is 0 Å². The fourth-order valence-corrected chi connectivity index (χ4v) is 8.53. The maximum absolute atomic E-state index is 6.51. The lowest BCUT2D eigenvalue weighted by Crippen LogP contribution is -2.24. The van der Waals surface area contributed by atoms with Gasteiger partial charge in [0.25, 0.3) is 0 Å². The first kappa shape index (κ1) is 42.1. The molecule has 0 aliphatic heterocycles. The van der Waals surface area contributed by atoms with Crippen LogP contribution in [0.2, 0.25) is 0 Å². The highest BCUT2D eigenvalue weighted by atomic mass is 32.9. The molecule has 0 fully saturated rings. The Bertz CT molecular complexity index is 932. The lowest BCUT2D eigenvalue weighted by Gasteiger charge is -2.28. The van der Waals surface area contributed by atoms with Crippen molar-refractivity contribution < 1.29 is 18.5 Å². The highest BCUT2D eigenvalue weighted by Gasteiger charge is 2.26. The Kier molecular flexibility index (Phi) is 25.8. The number of hydrogen-bond donors (Lipinski definition) is 1. The Balaban J connectivity index is 1.86. The molecule has 0 heterocycles. The van der Waals surface area contributed by atoms with Gasteiger partial charge in [0.1, 0.15) is 24.7 Å². The molecule has 0 saturated carbocycles. The van der Waals surface area contributed by atoms with E-state index in [1.807, 2.05) is 60.7 Å². The highest BCUT2D eigenvalue weighted by Crippen LogP contribution is 2.56. The molecule has 0 amide bonds. The second-order valence-electron chi connectivity index (χ2n) is 13.1. The molecule has 2 aromatic rings. The minimum Gasteiger partial charge on any atom is -0.491 e. The fourth-order valence-electron chi connectivity index (χ4n) is 5.87. The van der Waals surface area contributed by atoms with Crippen molar-refractivity contribution >= 4 is 29.7 Å². The first-order valence-electron chi connectivity index (χ1n) is 19.1. The van der Waals surface area contributed by atoms with Crippen molar-refractivity contribution in [3.63, 3.8) is 0 Å². The number of thiol groups is 1. The molecule has 0 spiro atoms. The Labute approximate surface area is 299 Å². The predicted octanol–water partition coefficient (Wildman–Crippen LogP) is 13.7. The summed E-state index contributed by atoms with van der Waals surface area (Å²) in [5, 5.41) is 0. The average Bonchev–Trinajstić information content (AvgIpc) is 3.08. The third-order valence-electron chi connectivity index (χ3n) is 8.68. The van der Waals surface area contributed by atoms with Crippen molar-refractivity contribution in [2.75, 3.05) is 13.2 Å². The maximum atomic E-state index is 6.51. The van der Waals surface area contributed by atoms with E-state index < -0.39 is 5.69 Å². The minimum atomic E-state index is -2.84. The number of para-hydroxylation sites is 2. The Hall–Kier alpha value is -1.04. The van der Waals surface area contributed by atoms with Crippen LogP contribution in [0.3, 0.4) is 0 Å². The van der Waals surface area contributed by atoms with Gasteiger partial charge >= 0.3 is 0 Å². The van der Waals surface area contributed by atoms with Crippen LogP contribution in [0.15, 0.2) is 60.7 Å². The van der Waals surface area contributed by atoms with Crippen molar-refractivity contribution in [3.8, 4) is 11.5 Å². The van der Waals surface area contributed by atoms with E-state index in [-0.39, 0.29) is 12.2 Å². The summed E-state index contributed by atoms with van der Waals surface area (Å²) < 4.78 is 25.3. The number of hydrogen-bond acceptors (Lipinski definition) is 5. The quantitative estimate of drug-likeness (QED) is 0.0466. The molecule has 47 heavy (non-hydrogen) atoms. The second kappa shape index (κ2) is 28.8. The van der Waals surface area contributed by atoms with Gasteiger partial charge in [-0.15, -0.1) is 0 Å². The summed E-state index contributed by atoms with van der Waals surface area (Å²) >= 11 is 10.8. The third-order valence-corrected chi connectivity index (χ3v) is 10.9. The zero-order chi connectivity index (χ0) is 33.7. The van der Waals surface area contributed by atoms with Crippen LogP contribution in [0.1, 0.15) is 155 Å². The van der Waals surface area contributed by atoms with Crippen molar-refractivity contribution in [1.29, 1.82) is 0 Å². The van der Waals surface area contributed by atoms with E-state index in [9.17, 15) is 0 Å². The first-order chi connectivity index (χ1) is 23.0. The molecule has 0 bridgehead atoms. The van der Waals surface area contributed by atoms with Gasteiger partial charge in [-0.3, -0.25) is 0 Å². The van der Waals surface area contributed by atoms with Gasteiger partial charge in [-0.2, -0.15) is 0 Å². The SMILES string of the molecule is CCCCCCCCCCCCC(COc1ccccc1)OP(=S)(S)OC(CCCCCCCCCCCC)COc1ccccc1. The van der Waals surface area contributed by atoms with Gasteiger partial charge in [0.05, 0.1) is 12.2 Å². The van der Waals surface area contributed by atoms with E-state index in [1.165, 1.54) is 116 Å². The molecule has 0 radical (unpaired) electrons. The summed E-state index contributed by atoms with van der Waals surface area (Å²) in [4.78, 5) is 0. The van der Waals surface area contributed by atoms with Crippen molar-refractivity contribution in [2.45, 2.75) is 167 Å². The monoisotopic (exact) mass is 706 g/mol. The Morgan fingerprint density at radius 2 is 0.787 bits per heavy atom. The van der Waals surface area contributed by atoms with E-state index in [4.69, 9.17) is 42.6 Å². The van der Waals surface area contributed by atoms with Crippen LogP contribution < -0.4 is 9.47 Å². The standard InChI is InChI=1S/C40H67O4PS2/c1-3-5-7-9-11-13-15-17-19-23-33-39(35-41-37-29-25-21-26-30-37)43-45(46,47)44-40(36-42-38-31-27-22-28-32-38)34-24-20-18-16-14-12-10-8-6-4-2/h21-22,25-32,39-40H,3-20,23-24,33-36H2,1-2H3,(H,46,47). The van der Waals surface area contributed by atoms with Gasteiger partial charge in [-0.05, 0) is 48.9 Å². The van der Waals surface area contributed by atoms with Crippen molar-refractivity contribution in [3.05, 3.63) is 60.7 Å². The molecule has 0 aliphatic carbocycles. The number of ether oxygens (including phenoxy) is 2.